The predicted octanol–water partition coefficient (Wildman–Crippen LogP) is 4.22. The third-order valence-electron chi connectivity index (χ3n) is 5.92. The lowest BCUT2D eigenvalue weighted by atomic mass is 9.95. The van der Waals surface area contributed by atoms with Crippen LogP contribution < -0.4 is 5.32 Å². The third kappa shape index (κ3) is 5.84. The molecular weight excluding hydrogens is 402 g/mol. The highest BCUT2D eigenvalue weighted by Gasteiger charge is 2.27. The van der Waals surface area contributed by atoms with Crippen molar-refractivity contribution >= 4 is 11.8 Å². The van der Waals surface area contributed by atoms with E-state index >= 15 is 0 Å². The molecule has 4 rings (SSSR count). The number of nitrogens with zero attached hydrogens (tertiary/aromatic N) is 2. The van der Waals surface area contributed by atoms with Gasteiger partial charge in [-0.2, -0.15) is 0 Å². The van der Waals surface area contributed by atoms with Crippen molar-refractivity contribution in [1.82, 2.24) is 15.2 Å². The van der Waals surface area contributed by atoms with Crippen LogP contribution >= 0.6 is 0 Å². The van der Waals surface area contributed by atoms with E-state index in [0.717, 1.165) is 16.9 Å². The standard InChI is InChI=1S/C26H29N3O3/c30-25(13-7-12-24-27-19-23(32-24)21-10-5-2-6-11-21)29-16-14-22(15-17-29)26(31)28-18-20-8-3-1-4-9-20/h1-6,8-11,19,22H,7,12-18H2,(H,28,31). The maximum absolute atomic E-state index is 12.6. The Kier molecular flexibility index (Phi) is 7.33. The number of aryl methyl sites for hydroxylation is 1. The van der Waals surface area contributed by atoms with Crippen molar-refractivity contribution in [2.24, 2.45) is 5.92 Å². The van der Waals surface area contributed by atoms with Crippen molar-refractivity contribution < 1.29 is 14.0 Å². The Hall–Kier alpha value is -3.41. The summed E-state index contributed by atoms with van der Waals surface area (Å²) < 4.78 is 5.81. The topological polar surface area (TPSA) is 75.4 Å². The summed E-state index contributed by atoms with van der Waals surface area (Å²) in [6.07, 6.45) is 4.97. The largest absolute Gasteiger partial charge is 0.441 e. The minimum Gasteiger partial charge on any atom is -0.441 e. The van der Waals surface area contributed by atoms with Crippen LogP contribution in [0.2, 0.25) is 0 Å². The average Bonchev–Trinajstić information content (AvgIpc) is 3.33. The maximum Gasteiger partial charge on any atom is 0.223 e. The summed E-state index contributed by atoms with van der Waals surface area (Å²) in [6.45, 7) is 1.82. The fraction of sp³-hybridized carbons (Fsp3) is 0.346. The lowest BCUT2D eigenvalue weighted by Crippen LogP contribution is -2.42. The number of likely N-dealkylation sites (tertiary alicyclic amines) is 1. The van der Waals surface area contributed by atoms with E-state index < -0.39 is 0 Å². The number of carbonyl (C=O) groups is 2. The smallest absolute Gasteiger partial charge is 0.223 e. The van der Waals surface area contributed by atoms with Crippen molar-refractivity contribution in [3.05, 3.63) is 78.3 Å². The molecule has 0 atom stereocenters. The first-order valence-electron chi connectivity index (χ1n) is 11.3. The molecule has 1 aliphatic rings. The monoisotopic (exact) mass is 431 g/mol. The van der Waals surface area contributed by atoms with Gasteiger partial charge in [-0.3, -0.25) is 9.59 Å². The van der Waals surface area contributed by atoms with Gasteiger partial charge in [-0.25, -0.2) is 4.98 Å². The third-order valence-corrected chi connectivity index (χ3v) is 5.92. The average molecular weight is 432 g/mol. The Labute approximate surface area is 188 Å². The van der Waals surface area contributed by atoms with Crippen molar-refractivity contribution in [2.45, 2.75) is 38.6 Å². The van der Waals surface area contributed by atoms with Crippen LogP contribution in [0.15, 0.2) is 71.3 Å². The van der Waals surface area contributed by atoms with Crippen molar-refractivity contribution in [2.75, 3.05) is 13.1 Å². The normalized spacial score (nSPS) is 14.3. The van der Waals surface area contributed by atoms with Gasteiger partial charge in [-0.15, -0.1) is 0 Å². The molecule has 1 saturated heterocycles. The van der Waals surface area contributed by atoms with Crippen LogP contribution in [0.5, 0.6) is 0 Å². The lowest BCUT2D eigenvalue weighted by Gasteiger charge is -2.31. The number of aromatic nitrogens is 1. The quantitative estimate of drug-likeness (QED) is 0.579. The molecule has 0 unspecified atom stereocenters. The van der Waals surface area contributed by atoms with E-state index in [1.54, 1.807) is 6.20 Å². The Morgan fingerprint density at radius 3 is 2.41 bits per heavy atom. The molecule has 2 heterocycles. The molecule has 3 aromatic rings. The Bertz CT molecular complexity index is 1010. The van der Waals surface area contributed by atoms with Crippen LogP contribution in [0, 0.1) is 5.92 Å². The fourth-order valence-electron chi connectivity index (χ4n) is 4.03. The number of nitrogens with one attached hydrogen (secondary N) is 1. The number of oxazole rings is 1. The van der Waals surface area contributed by atoms with Gasteiger partial charge in [0.2, 0.25) is 11.8 Å². The molecule has 32 heavy (non-hydrogen) atoms. The molecule has 6 heteroatoms. The second-order valence-corrected chi connectivity index (χ2v) is 8.20. The molecule has 1 N–H and O–H groups in total. The fourth-order valence-corrected chi connectivity index (χ4v) is 4.03. The molecule has 1 aliphatic heterocycles. The first-order valence-corrected chi connectivity index (χ1v) is 11.3. The predicted molar refractivity (Wildman–Crippen MR) is 122 cm³/mol. The number of carbonyl (C=O) groups excluding carboxylic acids is 2. The highest BCUT2D eigenvalue weighted by molar-refractivity contribution is 5.80. The van der Waals surface area contributed by atoms with Crippen LogP contribution in [0.1, 0.15) is 37.1 Å². The summed E-state index contributed by atoms with van der Waals surface area (Å²) in [4.78, 5) is 31.2. The molecule has 0 saturated carbocycles. The van der Waals surface area contributed by atoms with Crippen molar-refractivity contribution in [1.29, 1.82) is 0 Å². The number of benzene rings is 2. The molecule has 2 amide bonds. The highest BCUT2D eigenvalue weighted by atomic mass is 16.4. The molecule has 1 aromatic heterocycles. The number of amides is 2. The molecular formula is C26H29N3O3. The van der Waals surface area contributed by atoms with Gasteiger partial charge in [0.05, 0.1) is 6.20 Å². The zero-order valence-corrected chi connectivity index (χ0v) is 18.2. The van der Waals surface area contributed by atoms with Crippen LogP contribution in [0.3, 0.4) is 0 Å². The SMILES string of the molecule is O=C(NCc1ccccc1)C1CCN(C(=O)CCCc2ncc(-c3ccccc3)o2)CC1. The van der Waals surface area contributed by atoms with E-state index in [4.69, 9.17) is 4.42 Å². The highest BCUT2D eigenvalue weighted by Crippen LogP contribution is 2.21. The summed E-state index contributed by atoms with van der Waals surface area (Å²) in [5, 5.41) is 3.02. The van der Waals surface area contributed by atoms with Gasteiger partial charge in [0.25, 0.3) is 0 Å². The number of hydrogen-bond donors (Lipinski definition) is 1. The summed E-state index contributed by atoms with van der Waals surface area (Å²) in [7, 11) is 0. The van der Waals surface area contributed by atoms with Gasteiger partial charge >= 0.3 is 0 Å². The van der Waals surface area contributed by atoms with Crippen LogP contribution in [0.25, 0.3) is 11.3 Å². The summed E-state index contributed by atoms with van der Waals surface area (Å²) in [6, 6.07) is 19.8. The maximum atomic E-state index is 12.6. The van der Waals surface area contributed by atoms with Crippen LogP contribution in [-0.4, -0.2) is 34.8 Å². The van der Waals surface area contributed by atoms with Gasteiger partial charge in [-0.1, -0.05) is 60.7 Å². The van der Waals surface area contributed by atoms with E-state index in [-0.39, 0.29) is 17.7 Å². The van der Waals surface area contributed by atoms with E-state index in [1.165, 1.54) is 0 Å². The van der Waals surface area contributed by atoms with Crippen LogP contribution in [0.4, 0.5) is 0 Å². The molecule has 0 aliphatic carbocycles. The van der Waals surface area contributed by atoms with Gasteiger partial charge in [0, 0.05) is 44.0 Å². The van der Waals surface area contributed by atoms with Gasteiger partial charge in [-0.05, 0) is 24.8 Å². The molecule has 6 nitrogen and oxygen atoms in total. The molecule has 166 valence electrons. The van der Waals surface area contributed by atoms with Crippen molar-refractivity contribution in [3.63, 3.8) is 0 Å². The zero-order chi connectivity index (χ0) is 22.2. The minimum atomic E-state index is -0.0218. The Morgan fingerprint density at radius 2 is 1.69 bits per heavy atom. The Balaban J connectivity index is 1.16. The lowest BCUT2D eigenvalue weighted by molar-refractivity contribution is -0.135. The number of piperidine rings is 1. The van der Waals surface area contributed by atoms with E-state index in [9.17, 15) is 9.59 Å². The number of rotatable bonds is 8. The second-order valence-electron chi connectivity index (χ2n) is 8.20. The second kappa shape index (κ2) is 10.8. The minimum absolute atomic E-state index is 0.0218. The molecule has 0 bridgehead atoms. The molecule has 0 spiro atoms. The molecule has 2 aromatic carbocycles. The summed E-state index contributed by atoms with van der Waals surface area (Å²) in [5.41, 5.74) is 2.09. The van der Waals surface area contributed by atoms with E-state index in [2.05, 4.69) is 10.3 Å². The summed E-state index contributed by atoms with van der Waals surface area (Å²) in [5.74, 6) is 1.61. The first kappa shape index (κ1) is 21.8. The van der Waals surface area contributed by atoms with E-state index in [0.29, 0.717) is 57.6 Å². The van der Waals surface area contributed by atoms with E-state index in [1.807, 2.05) is 65.6 Å². The number of hydrogen-bond acceptors (Lipinski definition) is 4. The summed E-state index contributed by atoms with van der Waals surface area (Å²) >= 11 is 0. The zero-order valence-electron chi connectivity index (χ0n) is 18.2. The molecule has 0 radical (unpaired) electrons. The Morgan fingerprint density at radius 1 is 1.00 bits per heavy atom. The van der Waals surface area contributed by atoms with Crippen LogP contribution in [-0.2, 0) is 22.6 Å². The van der Waals surface area contributed by atoms with Gasteiger partial charge < -0.3 is 14.6 Å². The first-order chi connectivity index (χ1) is 15.7. The van der Waals surface area contributed by atoms with Crippen molar-refractivity contribution in [3.8, 4) is 11.3 Å². The van der Waals surface area contributed by atoms with Gasteiger partial charge in [0.15, 0.2) is 11.7 Å². The van der Waals surface area contributed by atoms with Gasteiger partial charge in [0.1, 0.15) is 0 Å². The molecule has 1 fully saturated rings.